The van der Waals surface area contributed by atoms with Gasteiger partial charge in [0, 0.05) is 26.2 Å². The van der Waals surface area contributed by atoms with Gasteiger partial charge in [-0.05, 0) is 41.3 Å². The lowest BCUT2D eigenvalue weighted by atomic mass is 10.0. The van der Waals surface area contributed by atoms with Crippen LogP contribution in [0.1, 0.15) is 41.3 Å². The summed E-state index contributed by atoms with van der Waals surface area (Å²) in [7, 11) is 3.33. The van der Waals surface area contributed by atoms with Crippen molar-refractivity contribution in [2.75, 3.05) is 20.7 Å². The van der Waals surface area contributed by atoms with Gasteiger partial charge < -0.3 is 15.0 Å². The van der Waals surface area contributed by atoms with E-state index in [0.717, 1.165) is 5.56 Å². The number of hydrogen-bond donors (Lipinski definition) is 1. The van der Waals surface area contributed by atoms with Crippen molar-refractivity contribution in [3.8, 4) is 5.75 Å². The molecule has 0 saturated heterocycles. The highest BCUT2D eigenvalue weighted by atomic mass is 16.5. The van der Waals surface area contributed by atoms with Crippen LogP contribution in [0.4, 0.5) is 0 Å². The number of benzene rings is 2. The number of rotatable bonds is 7. The minimum Gasteiger partial charge on any atom is -0.484 e. The first-order valence-corrected chi connectivity index (χ1v) is 8.68. The Hall–Kier alpha value is -2.82. The molecule has 0 spiro atoms. The molecule has 0 bridgehead atoms. The maximum Gasteiger partial charge on any atom is 0.260 e. The Kier molecular flexibility index (Phi) is 6.78. The van der Waals surface area contributed by atoms with Gasteiger partial charge in [0.05, 0.1) is 0 Å². The van der Waals surface area contributed by atoms with Crippen LogP contribution in [0.5, 0.6) is 5.75 Å². The second kappa shape index (κ2) is 9.04. The summed E-state index contributed by atoms with van der Waals surface area (Å²) in [6, 6.07) is 15.0. The maximum absolute atomic E-state index is 12.3. The molecular formula is C21H26N2O3. The fourth-order valence-electron chi connectivity index (χ4n) is 2.47. The highest BCUT2D eigenvalue weighted by Crippen LogP contribution is 2.18. The molecule has 138 valence electrons. The average Bonchev–Trinajstić information content (AvgIpc) is 2.66. The lowest BCUT2D eigenvalue weighted by molar-refractivity contribution is -0.132. The molecule has 0 aromatic heterocycles. The van der Waals surface area contributed by atoms with Gasteiger partial charge >= 0.3 is 0 Å². The molecule has 5 nitrogen and oxygen atoms in total. The van der Waals surface area contributed by atoms with Crippen LogP contribution in [0, 0.1) is 0 Å². The first kappa shape index (κ1) is 19.5. The number of nitrogens with one attached hydrogen (secondary N) is 1. The highest BCUT2D eigenvalue weighted by Gasteiger charge is 2.11. The second-order valence-electron chi connectivity index (χ2n) is 6.54. The van der Waals surface area contributed by atoms with Crippen molar-refractivity contribution in [3.05, 3.63) is 65.2 Å². The van der Waals surface area contributed by atoms with Gasteiger partial charge in [-0.1, -0.05) is 38.1 Å². The smallest absolute Gasteiger partial charge is 0.260 e. The van der Waals surface area contributed by atoms with Crippen molar-refractivity contribution >= 4 is 11.8 Å². The molecule has 2 amide bonds. The van der Waals surface area contributed by atoms with Crippen LogP contribution < -0.4 is 10.1 Å². The van der Waals surface area contributed by atoms with Gasteiger partial charge in [0.15, 0.2) is 6.61 Å². The van der Waals surface area contributed by atoms with E-state index in [0.29, 0.717) is 23.8 Å². The topological polar surface area (TPSA) is 58.6 Å². The zero-order chi connectivity index (χ0) is 19.1. The largest absolute Gasteiger partial charge is 0.484 e. The highest BCUT2D eigenvalue weighted by molar-refractivity contribution is 5.93. The first-order valence-electron chi connectivity index (χ1n) is 8.68. The van der Waals surface area contributed by atoms with Crippen molar-refractivity contribution in [1.82, 2.24) is 10.2 Å². The average molecular weight is 354 g/mol. The molecule has 0 aliphatic heterocycles. The number of carbonyl (C=O) groups is 2. The zero-order valence-electron chi connectivity index (χ0n) is 15.8. The standard InChI is InChI=1S/C21H26N2O3/c1-15(2)17-9-11-19(12-10-17)26-14-20(24)23(4)13-16-5-7-18(8-6-16)21(25)22-3/h5-12,15H,13-14H2,1-4H3,(H,22,25). The molecule has 0 atom stereocenters. The number of amides is 2. The SMILES string of the molecule is CNC(=O)c1ccc(CN(C)C(=O)COc2ccc(C(C)C)cc2)cc1. The fraction of sp³-hybridized carbons (Fsp3) is 0.333. The fourth-order valence-corrected chi connectivity index (χ4v) is 2.47. The Labute approximate surface area is 155 Å². The predicted molar refractivity (Wildman–Crippen MR) is 102 cm³/mol. The summed E-state index contributed by atoms with van der Waals surface area (Å²) in [6.07, 6.45) is 0. The third-order valence-electron chi connectivity index (χ3n) is 4.20. The molecular weight excluding hydrogens is 328 g/mol. The molecule has 0 radical (unpaired) electrons. The molecule has 5 heteroatoms. The van der Waals surface area contributed by atoms with Crippen LogP contribution in [-0.2, 0) is 11.3 Å². The van der Waals surface area contributed by atoms with E-state index in [1.165, 1.54) is 5.56 Å². The van der Waals surface area contributed by atoms with Crippen molar-refractivity contribution in [2.45, 2.75) is 26.3 Å². The van der Waals surface area contributed by atoms with Gasteiger partial charge in [-0.2, -0.15) is 0 Å². The first-order chi connectivity index (χ1) is 12.4. The van der Waals surface area contributed by atoms with Crippen molar-refractivity contribution in [1.29, 1.82) is 0 Å². The van der Waals surface area contributed by atoms with Crippen molar-refractivity contribution in [3.63, 3.8) is 0 Å². The Morgan fingerprint density at radius 1 is 1.04 bits per heavy atom. The lowest BCUT2D eigenvalue weighted by Gasteiger charge is -2.18. The zero-order valence-corrected chi connectivity index (χ0v) is 15.8. The van der Waals surface area contributed by atoms with Crippen molar-refractivity contribution in [2.24, 2.45) is 0 Å². The van der Waals surface area contributed by atoms with E-state index in [9.17, 15) is 9.59 Å². The molecule has 2 aromatic rings. The van der Waals surface area contributed by atoms with Crippen molar-refractivity contribution < 1.29 is 14.3 Å². The monoisotopic (exact) mass is 354 g/mol. The van der Waals surface area contributed by atoms with Gasteiger partial charge in [-0.15, -0.1) is 0 Å². The van der Waals surface area contributed by atoms with Gasteiger partial charge in [-0.3, -0.25) is 9.59 Å². The third-order valence-corrected chi connectivity index (χ3v) is 4.20. The Balaban J connectivity index is 1.86. The Bertz CT molecular complexity index is 737. The summed E-state index contributed by atoms with van der Waals surface area (Å²) >= 11 is 0. The van der Waals surface area contributed by atoms with Crippen LogP contribution in [0.15, 0.2) is 48.5 Å². The number of hydrogen-bond acceptors (Lipinski definition) is 3. The van der Waals surface area contributed by atoms with E-state index in [-0.39, 0.29) is 18.4 Å². The van der Waals surface area contributed by atoms with E-state index in [4.69, 9.17) is 4.74 Å². The van der Waals surface area contributed by atoms with E-state index in [1.54, 1.807) is 31.1 Å². The predicted octanol–water partition coefficient (Wildman–Crippen LogP) is 3.21. The van der Waals surface area contributed by atoms with Crippen LogP contribution in [0.25, 0.3) is 0 Å². The summed E-state index contributed by atoms with van der Waals surface area (Å²) in [6.45, 7) is 4.72. The van der Waals surface area contributed by atoms with Crippen LogP contribution in [0.2, 0.25) is 0 Å². The molecule has 1 N–H and O–H groups in total. The van der Waals surface area contributed by atoms with Gasteiger partial charge in [0.1, 0.15) is 5.75 Å². The quantitative estimate of drug-likeness (QED) is 0.831. The summed E-state index contributed by atoms with van der Waals surface area (Å²) in [4.78, 5) is 25.4. The minimum atomic E-state index is -0.127. The molecule has 0 fully saturated rings. The molecule has 26 heavy (non-hydrogen) atoms. The number of nitrogens with zero attached hydrogens (tertiary/aromatic N) is 1. The number of likely N-dealkylation sites (N-methyl/N-ethyl adjacent to an activating group) is 1. The number of carbonyl (C=O) groups excluding carboxylic acids is 2. The lowest BCUT2D eigenvalue weighted by Crippen LogP contribution is -2.31. The molecule has 0 aliphatic rings. The summed E-state index contributed by atoms with van der Waals surface area (Å²) in [5.74, 6) is 0.920. The van der Waals surface area contributed by atoms with E-state index < -0.39 is 0 Å². The van der Waals surface area contributed by atoms with Crippen LogP contribution >= 0.6 is 0 Å². The molecule has 0 heterocycles. The van der Waals surface area contributed by atoms with Gasteiger partial charge in [0.25, 0.3) is 11.8 Å². The molecule has 0 unspecified atom stereocenters. The summed E-state index contributed by atoms with van der Waals surface area (Å²) in [5.41, 5.74) is 2.79. The van der Waals surface area contributed by atoms with Gasteiger partial charge in [0.2, 0.25) is 0 Å². The van der Waals surface area contributed by atoms with Gasteiger partial charge in [-0.25, -0.2) is 0 Å². The van der Waals surface area contributed by atoms with E-state index in [2.05, 4.69) is 19.2 Å². The van der Waals surface area contributed by atoms with E-state index in [1.807, 2.05) is 36.4 Å². The third kappa shape index (κ3) is 5.34. The Morgan fingerprint density at radius 2 is 1.65 bits per heavy atom. The Morgan fingerprint density at radius 3 is 2.19 bits per heavy atom. The van der Waals surface area contributed by atoms with Crippen LogP contribution in [0.3, 0.4) is 0 Å². The normalized spacial score (nSPS) is 10.5. The minimum absolute atomic E-state index is 0.00610. The number of ether oxygens (including phenoxy) is 1. The summed E-state index contributed by atoms with van der Waals surface area (Å²) < 4.78 is 5.58. The molecule has 0 aliphatic carbocycles. The second-order valence-corrected chi connectivity index (χ2v) is 6.54. The molecule has 2 aromatic carbocycles. The summed E-state index contributed by atoms with van der Waals surface area (Å²) in [5, 5.41) is 2.58. The maximum atomic E-state index is 12.3. The van der Waals surface area contributed by atoms with E-state index >= 15 is 0 Å². The molecule has 2 rings (SSSR count). The molecule has 0 saturated carbocycles. The van der Waals surface area contributed by atoms with Crippen LogP contribution in [-0.4, -0.2) is 37.4 Å².